The first-order valence-electron chi connectivity index (χ1n) is 14.2. The summed E-state index contributed by atoms with van der Waals surface area (Å²) in [5.74, 6) is -0.530. The van der Waals surface area contributed by atoms with E-state index in [1.165, 1.54) is 0 Å². The summed E-state index contributed by atoms with van der Waals surface area (Å²) < 4.78 is 43.4. The van der Waals surface area contributed by atoms with Crippen molar-refractivity contribution in [1.82, 2.24) is 0 Å². The molecule has 0 aromatic heterocycles. The first-order valence-corrected chi connectivity index (χ1v) is 14.2. The summed E-state index contributed by atoms with van der Waals surface area (Å²) in [7, 11) is 1.64. The van der Waals surface area contributed by atoms with Crippen molar-refractivity contribution in [3.05, 3.63) is 107 Å². The predicted molar refractivity (Wildman–Crippen MR) is 156 cm³/mol. The number of benzene rings is 3. The summed E-state index contributed by atoms with van der Waals surface area (Å²) in [4.78, 5) is 23.8. The van der Waals surface area contributed by atoms with Gasteiger partial charge in [0.2, 0.25) is 0 Å². The number of hydrogen-bond donors (Lipinski definition) is 0. The minimum absolute atomic E-state index is 0.0556. The highest BCUT2D eigenvalue weighted by molar-refractivity contribution is 5.89. The van der Waals surface area contributed by atoms with E-state index in [0.717, 1.165) is 16.7 Å². The van der Waals surface area contributed by atoms with Gasteiger partial charge in [0.05, 0.1) is 58.4 Å². The minimum Gasteiger partial charge on any atom is -0.458 e. The molecule has 0 radical (unpaired) electrons. The van der Waals surface area contributed by atoms with E-state index >= 15 is 0 Å². The molecule has 1 aliphatic rings. The van der Waals surface area contributed by atoms with Crippen LogP contribution in [0.5, 0.6) is 0 Å². The van der Waals surface area contributed by atoms with Crippen LogP contribution in [0, 0.1) is 0 Å². The number of esters is 1. The Morgan fingerprint density at radius 1 is 0.721 bits per heavy atom. The molecule has 4 rings (SSSR count). The molecular formula is C33H38O10. The lowest BCUT2D eigenvalue weighted by atomic mass is 9.80. The summed E-state index contributed by atoms with van der Waals surface area (Å²) in [6.07, 6.45) is -1.37. The Labute approximate surface area is 251 Å². The van der Waals surface area contributed by atoms with Crippen molar-refractivity contribution in [3.8, 4) is 0 Å². The van der Waals surface area contributed by atoms with Gasteiger partial charge in [-0.2, -0.15) is 0 Å². The van der Waals surface area contributed by atoms with Gasteiger partial charge < -0.3 is 37.9 Å². The second-order valence-electron chi connectivity index (χ2n) is 9.57. The molecule has 0 bridgehead atoms. The molecule has 10 nitrogen and oxygen atoms in total. The van der Waals surface area contributed by atoms with E-state index in [9.17, 15) is 9.59 Å². The van der Waals surface area contributed by atoms with Crippen molar-refractivity contribution in [2.24, 2.45) is 0 Å². The maximum Gasteiger partial charge on any atom is 0.508 e. The van der Waals surface area contributed by atoms with Crippen LogP contribution < -0.4 is 0 Å². The van der Waals surface area contributed by atoms with Crippen molar-refractivity contribution >= 4 is 12.1 Å². The summed E-state index contributed by atoms with van der Waals surface area (Å²) in [5.41, 5.74) is 2.07. The predicted octanol–water partition coefficient (Wildman–Crippen LogP) is 4.38. The number of rotatable bonds is 19. The lowest BCUT2D eigenvalue weighted by Gasteiger charge is -2.36. The van der Waals surface area contributed by atoms with E-state index < -0.39 is 23.8 Å². The van der Waals surface area contributed by atoms with Gasteiger partial charge in [-0.3, -0.25) is 0 Å². The minimum atomic E-state index is -0.972. The Bertz CT molecular complexity index is 1190. The van der Waals surface area contributed by atoms with Crippen molar-refractivity contribution in [2.45, 2.75) is 11.7 Å². The zero-order chi connectivity index (χ0) is 30.2. The first kappa shape index (κ1) is 32.1. The average molecular weight is 595 g/mol. The van der Waals surface area contributed by atoms with Gasteiger partial charge in [-0.15, -0.1) is 0 Å². The molecule has 1 atom stereocenters. The van der Waals surface area contributed by atoms with Crippen molar-refractivity contribution in [1.29, 1.82) is 0 Å². The van der Waals surface area contributed by atoms with Gasteiger partial charge in [-0.05, 0) is 28.8 Å². The van der Waals surface area contributed by atoms with Gasteiger partial charge in [0, 0.05) is 7.11 Å². The SMILES string of the molecule is COCCOCCOCCOCCOC(c1ccccc1)(c1ccccc1)c1ccc(C(=O)OCC2COC(=O)O2)cc1. The highest BCUT2D eigenvalue weighted by Crippen LogP contribution is 2.40. The van der Waals surface area contributed by atoms with E-state index in [1.807, 2.05) is 72.8 Å². The summed E-state index contributed by atoms with van der Waals surface area (Å²) >= 11 is 0. The van der Waals surface area contributed by atoms with Crippen molar-refractivity contribution in [2.75, 3.05) is 73.2 Å². The highest BCUT2D eigenvalue weighted by atomic mass is 16.8. The Kier molecular flexibility index (Phi) is 13.0. The number of hydrogen-bond acceptors (Lipinski definition) is 10. The third kappa shape index (κ3) is 9.34. The van der Waals surface area contributed by atoms with E-state index in [0.29, 0.717) is 58.4 Å². The summed E-state index contributed by atoms with van der Waals surface area (Å²) in [5, 5.41) is 0. The van der Waals surface area contributed by atoms with Crippen LogP contribution in [-0.2, 0) is 43.5 Å². The molecule has 0 spiro atoms. The molecule has 1 fully saturated rings. The molecule has 0 aliphatic carbocycles. The maximum atomic E-state index is 12.7. The van der Waals surface area contributed by atoms with Gasteiger partial charge >= 0.3 is 12.1 Å². The van der Waals surface area contributed by atoms with Crippen molar-refractivity contribution < 1.29 is 47.5 Å². The lowest BCUT2D eigenvalue weighted by Crippen LogP contribution is -2.34. The standard InChI is InChI=1S/C33H38O10/c1-36-16-17-37-18-19-38-20-21-39-22-23-42-33(27-8-4-2-5-9-27,28-10-6-3-7-11-28)29-14-12-26(13-15-29)31(34)40-24-30-25-41-32(35)43-30/h2-15,30H,16-25H2,1H3. The largest absolute Gasteiger partial charge is 0.508 e. The van der Waals surface area contributed by atoms with Crippen LogP contribution >= 0.6 is 0 Å². The first-order chi connectivity index (χ1) is 21.1. The quantitative estimate of drug-likeness (QED) is 0.113. The van der Waals surface area contributed by atoms with Gasteiger partial charge in [-0.1, -0.05) is 72.8 Å². The molecule has 43 heavy (non-hydrogen) atoms. The van der Waals surface area contributed by atoms with Gasteiger partial charge in [0.1, 0.15) is 18.8 Å². The topological polar surface area (TPSA) is 108 Å². The van der Waals surface area contributed by atoms with E-state index in [-0.39, 0.29) is 13.2 Å². The molecule has 0 saturated carbocycles. The van der Waals surface area contributed by atoms with Gasteiger partial charge in [0.15, 0.2) is 6.10 Å². The van der Waals surface area contributed by atoms with Crippen molar-refractivity contribution in [3.63, 3.8) is 0 Å². The molecule has 1 saturated heterocycles. The second kappa shape index (κ2) is 17.3. The number of cyclic esters (lactones) is 2. The third-order valence-electron chi connectivity index (χ3n) is 6.66. The lowest BCUT2D eigenvalue weighted by molar-refractivity contribution is -0.0379. The number of ether oxygens (including phenoxy) is 8. The molecular weight excluding hydrogens is 556 g/mol. The number of methoxy groups -OCH3 is 1. The van der Waals surface area contributed by atoms with E-state index in [2.05, 4.69) is 0 Å². The van der Waals surface area contributed by atoms with Crippen LogP contribution in [-0.4, -0.2) is 91.4 Å². The Balaban J connectivity index is 1.42. The number of carbonyl (C=O) groups is 2. The fourth-order valence-corrected chi connectivity index (χ4v) is 4.57. The van der Waals surface area contributed by atoms with Gasteiger partial charge in [-0.25, -0.2) is 9.59 Å². The smallest absolute Gasteiger partial charge is 0.458 e. The normalized spacial score (nSPS) is 14.7. The molecule has 3 aromatic carbocycles. The monoisotopic (exact) mass is 594 g/mol. The van der Waals surface area contributed by atoms with Crippen LogP contribution in [0.15, 0.2) is 84.9 Å². The molecule has 0 N–H and O–H groups in total. The van der Waals surface area contributed by atoms with E-state index in [1.54, 1.807) is 19.2 Å². The van der Waals surface area contributed by atoms with Crippen LogP contribution in [0.2, 0.25) is 0 Å². The molecule has 230 valence electrons. The molecule has 3 aromatic rings. The highest BCUT2D eigenvalue weighted by Gasteiger charge is 2.37. The van der Waals surface area contributed by atoms with Crippen LogP contribution in [0.3, 0.4) is 0 Å². The zero-order valence-electron chi connectivity index (χ0n) is 24.3. The Morgan fingerprint density at radius 2 is 1.23 bits per heavy atom. The maximum absolute atomic E-state index is 12.7. The van der Waals surface area contributed by atoms with Crippen LogP contribution in [0.1, 0.15) is 27.0 Å². The molecule has 1 aliphatic heterocycles. The molecule has 0 amide bonds. The fourth-order valence-electron chi connectivity index (χ4n) is 4.57. The van der Waals surface area contributed by atoms with Gasteiger partial charge in [0.25, 0.3) is 0 Å². The third-order valence-corrected chi connectivity index (χ3v) is 6.66. The summed E-state index contributed by atoms with van der Waals surface area (Å²) in [6, 6.07) is 27.0. The van der Waals surface area contributed by atoms with E-state index in [4.69, 9.17) is 37.9 Å². The molecule has 10 heteroatoms. The fraction of sp³-hybridized carbons (Fsp3) is 0.394. The number of carbonyl (C=O) groups excluding carboxylic acids is 2. The van der Waals surface area contributed by atoms with Crippen LogP contribution in [0.25, 0.3) is 0 Å². The Hall–Kier alpha value is -3.80. The van der Waals surface area contributed by atoms with Crippen LogP contribution in [0.4, 0.5) is 4.79 Å². The molecule has 1 heterocycles. The summed E-state index contributed by atoms with van der Waals surface area (Å²) in [6.45, 7) is 3.60. The molecule has 1 unspecified atom stereocenters. The second-order valence-corrected chi connectivity index (χ2v) is 9.57. The Morgan fingerprint density at radius 3 is 1.74 bits per heavy atom. The zero-order valence-corrected chi connectivity index (χ0v) is 24.3. The average Bonchev–Trinajstić information content (AvgIpc) is 3.48.